The summed E-state index contributed by atoms with van der Waals surface area (Å²) in [4.78, 5) is 14.0. The lowest BCUT2D eigenvalue weighted by molar-refractivity contribution is -0.127. The first-order valence-electron chi connectivity index (χ1n) is 9.21. The minimum atomic E-state index is -0.313. The Bertz CT molecular complexity index is 992. The highest BCUT2D eigenvalue weighted by Crippen LogP contribution is 2.30. The predicted molar refractivity (Wildman–Crippen MR) is 111 cm³/mol. The van der Waals surface area contributed by atoms with Gasteiger partial charge in [-0.3, -0.25) is 4.79 Å². The molecule has 0 aliphatic carbocycles. The number of nitrogens with zero attached hydrogens (tertiary/aromatic N) is 4. The van der Waals surface area contributed by atoms with Crippen molar-refractivity contribution in [3.8, 4) is 17.1 Å². The molecule has 0 saturated heterocycles. The molecule has 1 heterocycles. The summed E-state index contributed by atoms with van der Waals surface area (Å²) in [7, 11) is 3.28. The number of aromatic nitrogens is 3. The van der Waals surface area contributed by atoms with Crippen LogP contribution in [0.2, 0.25) is 0 Å². The lowest BCUT2D eigenvalue weighted by atomic mass is 10.2. The Morgan fingerprint density at radius 2 is 1.90 bits per heavy atom. The third kappa shape index (κ3) is 4.76. The Kier molecular flexibility index (Phi) is 6.87. The third-order valence-electron chi connectivity index (χ3n) is 4.50. The van der Waals surface area contributed by atoms with Crippen LogP contribution in [0.4, 0.5) is 4.39 Å². The van der Waals surface area contributed by atoms with E-state index < -0.39 is 0 Å². The number of methoxy groups -OCH3 is 1. The van der Waals surface area contributed by atoms with Crippen molar-refractivity contribution in [1.29, 1.82) is 0 Å². The zero-order valence-corrected chi connectivity index (χ0v) is 17.4. The van der Waals surface area contributed by atoms with Crippen molar-refractivity contribution in [2.45, 2.75) is 25.2 Å². The molecule has 152 valence electrons. The molecule has 0 unspecified atom stereocenters. The molecular weight excluding hydrogens is 391 g/mol. The Morgan fingerprint density at radius 3 is 2.62 bits per heavy atom. The molecule has 3 aromatic rings. The Labute approximate surface area is 173 Å². The molecule has 0 aliphatic rings. The largest absolute Gasteiger partial charge is 0.496 e. The molecule has 2 aromatic carbocycles. The molecule has 6 nitrogen and oxygen atoms in total. The van der Waals surface area contributed by atoms with Crippen molar-refractivity contribution in [3.63, 3.8) is 0 Å². The SMILES string of the molecule is CCn1c(SCC(=O)N(C)Cc2ccccc2F)nnc1-c1ccccc1OC. The second-order valence-electron chi connectivity index (χ2n) is 6.38. The summed E-state index contributed by atoms with van der Waals surface area (Å²) < 4.78 is 21.2. The summed E-state index contributed by atoms with van der Waals surface area (Å²) in [5.74, 6) is 1.18. The first kappa shape index (κ1) is 20.9. The second kappa shape index (κ2) is 9.56. The van der Waals surface area contributed by atoms with E-state index in [1.807, 2.05) is 35.8 Å². The molecule has 0 radical (unpaired) electrons. The average molecular weight is 415 g/mol. The summed E-state index contributed by atoms with van der Waals surface area (Å²) in [5, 5.41) is 9.22. The predicted octanol–water partition coefficient (Wildman–Crippen LogP) is 3.86. The van der Waals surface area contributed by atoms with Gasteiger partial charge < -0.3 is 14.2 Å². The molecule has 8 heteroatoms. The van der Waals surface area contributed by atoms with Gasteiger partial charge in [-0.2, -0.15) is 0 Å². The van der Waals surface area contributed by atoms with Gasteiger partial charge in [0.05, 0.1) is 18.4 Å². The molecule has 0 atom stereocenters. The summed E-state index contributed by atoms with van der Waals surface area (Å²) >= 11 is 1.32. The zero-order chi connectivity index (χ0) is 20.8. The van der Waals surface area contributed by atoms with Gasteiger partial charge in [0.15, 0.2) is 11.0 Å². The molecular formula is C21H23FN4O2S. The van der Waals surface area contributed by atoms with Crippen LogP contribution < -0.4 is 4.74 Å². The van der Waals surface area contributed by atoms with Crippen LogP contribution in [0.25, 0.3) is 11.4 Å². The number of benzene rings is 2. The first-order chi connectivity index (χ1) is 14.0. The molecule has 0 fully saturated rings. The van der Waals surface area contributed by atoms with Crippen LogP contribution in [0.1, 0.15) is 12.5 Å². The fourth-order valence-electron chi connectivity index (χ4n) is 2.92. The van der Waals surface area contributed by atoms with E-state index in [-0.39, 0.29) is 24.0 Å². The van der Waals surface area contributed by atoms with Crippen LogP contribution in [0.5, 0.6) is 5.75 Å². The maximum Gasteiger partial charge on any atom is 0.233 e. The highest BCUT2D eigenvalue weighted by atomic mass is 32.2. The summed E-state index contributed by atoms with van der Waals surface area (Å²) in [6, 6.07) is 14.1. The minimum absolute atomic E-state index is 0.109. The van der Waals surface area contributed by atoms with E-state index in [1.165, 1.54) is 22.7 Å². The Morgan fingerprint density at radius 1 is 1.17 bits per heavy atom. The number of ether oxygens (including phenoxy) is 1. The van der Waals surface area contributed by atoms with Crippen molar-refractivity contribution < 1.29 is 13.9 Å². The molecule has 0 bridgehead atoms. The number of hydrogen-bond acceptors (Lipinski definition) is 5. The highest BCUT2D eigenvalue weighted by molar-refractivity contribution is 7.99. The third-order valence-corrected chi connectivity index (χ3v) is 5.45. The number of halogens is 1. The normalized spacial score (nSPS) is 10.8. The van der Waals surface area contributed by atoms with Crippen molar-refractivity contribution in [2.75, 3.05) is 19.9 Å². The summed E-state index contributed by atoms with van der Waals surface area (Å²) in [5.41, 5.74) is 1.34. The quantitative estimate of drug-likeness (QED) is 0.524. The van der Waals surface area contributed by atoms with E-state index in [0.717, 1.165) is 5.56 Å². The van der Waals surface area contributed by atoms with E-state index in [1.54, 1.807) is 32.4 Å². The average Bonchev–Trinajstić information content (AvgIpc) is 3.16. The lowest BCUT2D eigenvalue weighted by Gasteiger charge is -2.17. The van der Waals surface area contributed by atoms with E-state index in [2.05, 4.69) is 10.2 Å². The van der Waals surface area contributed by atoms with Gasteiger partial charge in [-0.05, 0) is 25.1 Å². The fourth-order valence-corrected chi connectivity index (χ4v) is 3.86. The molecule has 1 aromatic heterocycles. The second-order valence-corrected chi connectivity index (χ2v) is 7.32. The maximum atomic E-state index is 13.8. The molecule has 0 N–H and O–H groups in total. The summed E-state index contributed by atoms with van der Waals surface area (Å²) in [6.07, 6.45) is 0. The standard InChI is InChI=1S/C21H23FN4O2S/c1-4-26-20(16-10-6-8-12-18(16)28-3)23-24-21(26)29-14-19(27)25(2)13-15-9-5-7-11-17(15)22/h5-12H,4,13-14H2,1-3H3. The van der Waals surface area contributed by atoms with Crippen LogP contribution in [0.15, 0.2) is 53.7 Å². The molecule has 29 heavy (non-hydrogen) atoms. The highest BCUT2D eigenvalue weighted by Gasteiger charge is 2.18. The van der Waals surface area contributed by atoms with Gasteiger partial charge in [0.25, 0.3) is 0 Å². The topological polar surface area (TPSA) is 60.2 Å². The number of thioether (sulfide) groups is 1. The number of rotatable bonds is 8. The number of amides is 1. The van der Waals surface area contributed by atoms with Crippen LogP contribution in [-0.4, -0.2) is 45.5 Å². The van der Waals surface area contributed by atoms with Gasteiger partial charge in [0, 0.05) is 25.7 Å². The van der Waals surface area contributed by atoms with Crippen LogP contribution in [-0.2, 0) is 17.9 Å². The zero-order valence-electron chi connectivity index (χ0n) is 16.6. The van der Waals surface area contributed by atoms with Gasteiger partial charge in [0.1, 0.15) is 11.6 Å². The lowest BCUT2D eigenvalue weighted by Crippen LogP contribution is -2.28. The van der Waals surface area contributed by atoms with E-state index >= 15 is 0 Å². The van der Waals surface area contributed by atoms with Gasteiger partial charge in [-0.25, -0.2) is 4.39 Å². The van der Waals surface area contributed by atoms with Crippen molar-refractivity contribution >= 4 is 17.7 Å². The number of carbonyl (C=O) groups is 1. The van der Waals surface area contributed by atoms with Gasteiger partial charge in [-0.15, -0.1) is 10.2 Å². The Hall–Kier alpha value is -2.87. The number of hydrogen-bond donors (Lipinski definition) is 0. The van der Waals surface area contributed by atoms with Gasteiger partial charge >= 0.3 is 0 Å². The van der Waals surface area contributed by atoms with Crippen molar-refractivity contribution in [3.05, 3.63) is 59.9 Å². The molecule has 1 amide bonds. The van der Waals surface area contributed by atoms with Crippen LogP contribution in [0, 0.1) is 5.82 Å². The fraction of sp³-hybridized carbons (Fsp3) is 0.286. The molecule has 0 spiro atoms. The minimum Gasteiger partial charge on any atom is -0.496 e. The smallest absolute Gasteiger partial charge is 0.233 e. The van der Waals surface area contributed by atoms with Crippen molar-refractivity contribution in [2.24, 2.45) is 0 Å². The van der Waals surface area contributed by atoms with Crippen molar-refractivity contribution in [1.82, 2.24) is 19.7 Å². The first-order valence-corrected chi connectivity index (χ1v) is 10.2. The van der Waals surface area contributed by atoms with Crippen LogP contribution in [0.3, 0.4) is 0 Å². The van der Waals surface area contributed by atoms with E-state index in [0.29, 0.717) is 28.8 Å². The number of para-hydroxylation sites is 1. The van der Waals surface area contributed by atoms with Gasteiger partial charge in [-0.1, -0.05) is 42.1 Å². The van der Waals surface area contributed by atoms with Gasteiger partial charge in [0.2, 0.25) is 5.91 Å². The Balaban J connectivity index is 1.70. The van der Waals surface area contributed by atoms with E-state index in [9.17, 15) is 9.18 Å². The molecule has 3 rings (SSSR count). The monoisotopic (exact) mass is 414 g/mol. The molecule has 0 saturated carbocycles. The van der Waals surface area contributed by atoms with Crippen LogP contribution >= 0.6 is 11.8 Å². The van der Waals surface area contributed by atoms with E-state index in [4.69, 9.17) is 4.74 Å². The summed E-state index contributed by atoms with van der Waals surface area (Å²) in [6.45, 7) is 2.87. The molecule has 0 aliphatic heterocycles. The maximum absolute atomic E-state index is 13.8. The number of carbonyl (C=O) groups excluding carboxylic acids is 1.